The third kappa shape index (κ3) is 2.24. The molecule has 0 radical (unpaired) electrons. The fraction of sp³-hybridized carbons (Fsp3) is 0.500. The van der Waals surface area contributed by atoms with E-state index in [0.717, 1.165) is 11.6 Å². The molecule has 0 unspecified atom stereocenters. The summed E-state index contributed by atoms with van der Waals surface area (Å²) >= 11 is 0. The lowest BCUT2D eigenvalue weighted by Crippen LogP contribution is -2.11. The standard InChI is InChI=1S/C12H17N/c13-12-8-6-11(7-9-12)5-4-10-2-1-3-10/h6-10H,1-5,13H2. The fourth-order valence-corrected chi connectivity index (χ4v) is 1.84. The van der Waals surface area contributed by atoms with Crippen molar-refractivity contribution in [2.75, 3.05) is 5.73 Å². The van der Waals surface area contributed by atoms with Crippen LogP contribution in [-0.2, 0) is 6.42 Å². The highest BCUT2D eigenvalue weighted by Crippen LogP contribution is 2.30. The monoisotopic (exact) mass is 175 g/mol. The van der Waals surface area contributed by atoms with E-state index in [-0.39, 0.29) is 0 Å². The van der Waals surface area contributed by atoms with Crippen molar-refractivity contribution in [1.29, 1.82) is 0 Å². The Labute approximate surface area is 80.0 Å². The molecule has 0 spiro atoms. The van der Waals surface area contributed by atoms with Gasteiger partial charge >= 0.3 is 0 Å². The number of benzene rings is 1. The first-order valence-corrected chi connectivity index (χ1v) is 5.19. The molecule has 0 amide bonds. The van der Waals surface area contributed by atoms with E-state index in [1.54, 1.807) is 0 Å². The van der Waals surface area contributed by atoms with Crippen LogP contribution in [0.2, 0.25) is 0 Å². The number of nitrogen functional groups attached to an aromatic ring is 1. The zero-order valence-corrected chi connectivity index (χ0v) is 8.00. The summed E-state index contributed by atoms with van der Waals surface area (Å²) in [6.07, 6.45) is 6.95. The van der Waals surface area contributed by atoms with Crippen molar-refractivity contribution in [3.8, 4) is 0 Å². The zero-order valence-electron chi connectivity index (χ0n) is 8.00. The molecule has 70 valence electrons. The summed E-state index contributed by atoms with van der Waals surface area (Å²) in [5.74, 6) is 1.01. The van der Waals surface area contributed by atoms with Crippen LogP contribution < -0.4 is 5.73 Å². The SMILES string of the molecule is Nc1ccc(CCC2CCC2)cc1. The van der Waals surface area contributed by atoms with E-state index in [1.807, 2.05) is 12.1 Å². The van der Waals surface area contributed by atoms with Gasteiger partial charge in [-0.25, -0.2) is 0 Å². The van der Waals surface area contributed by atoms with Crippen molar-refractivity contribution in [2.45, 2.75) is 32.1 Å². The van der Waals surface area contributed by atoms with Gasteiger partial charge in [0.05, 0.1) is 0 Å². The van der Waals surface area contributed by atoms with Crippen LogP contribution in [0.25, 0.3) is 0 Å². The molecule has 13 heavy (non-hydrogen) atoms. The lowest BCUT2D eigenvalue weighted by Gasteiger charge is -2.25. The van der Waals surface area contributed by atoms with Crippen LogP contribution in [0.4, 0.5) is 5.69 Å². The molecule has 2 N–H and O–H groups in total. The Kier molecular flexibility index (Phi) is 2.53. The van der Waals surface area contributed by atoms with Gasteiger partial charge in [0.1, 0.15) is 0 Å². The van der Waals surface area contributed by atoms with Crippen molar-refractivity contribution in [3.05, 3.63) is 29.8 Å². The second-order valence-electron chi connectivity index (χ2n) is 4.08. The topological polar surface area (TPSA) is 26.0 Å². The Hall–Kier alpha value is -0.980. The molecule has 0 atom stereocenters. The van der Waals surface area contributed by atoms with Crippen LogP contribution in [-0.4, -0.2) is 0 Å². The average molecular weight is 175 g/mol. The molecule has 1 aromatic carbocycles. The zero-order chi connectivity index (χ0) is 9.10. The molecule has 1 aliphatic carbocycles. The molecule has 0 aliphatic heterocycles. The predicted octanol–water partition coefficient (Wildman–Crippen LogP) is 3.00. The smallest absolute Gasteiger partial charge is 0.0314 e. The third-order valence-electron chi connectivity index (χ3n) is 3.05. The molecule has 0 saturated heterocycles. The van der Waals surface area contributed by atoms with E-state index >= 15 is 0 Å². The van der Waals surface area contributed by atoms with E-state index in [4.69, 9.17) is 5.73 Å². The summed E-state index contributed by atoms with van der Waals surface area (Å²) in [6.45, 7) is 0. The highest BCUT2D eigenvalue weighted by molar-refractivity contribution is 5.39. The van der Waals surface area contributed by atoms with E-state index < -0.39 is 0 Å². The minimum atomic E-state index is 0.868. The molecule has 0 bridgehead atoms. The van der Waals surface area contributed by atoms with Gasteiger partial charge in [0, 0.05) is 5.69 Å². The Morgan fingerprint density at radius 3 is 2.38 bits per heavy atom. The van der Waals surface area contributed by atoms with Gasteiger partial charge in [-0.05, 0) is 36.5 Å². The number of hydrogen-bond acceptors (Lipinski definition) is 1. The molecule has 1 nitrogen and oxygen atoms in total. The van der Waals surface area contributed by atoms with Crippen LogP contribution in [0.1, 0.15) is 31.2 Å². The first kappa shape index (κ1) is 8.61. The van der Waals surface area contributed by atoms with Gasteiger partial charge in [-0.3, -0.25) is 0 Å². The quantitative estimate of drug-likeness (QED) is 0.702. The largest absolute Gasteiger partial charge is 0.399 e. The van der Waals surface area contributed by atoms with Crippen molar-refractivity contribution < 1.29 is 0 Å². The van der Waals surface area contributed by atoms with Crippen molar-refractivity contribution in [1.82, 2.24) is 0 Å². The summed E-state index contributed by atoms with van der Waals surface area (Å²) in [4.78, 5) is 0. The highest BCUT2D eigenvalue weighted by Gasteiger charge is 2.16. The molecule has 1 fully saturated rings. The molecule has 0 aromatic heterocycles. The Morgan fingerprint density at radius 1 is 1.15 bits per heavy atom. The number of aryl methyl sites for hydroxylation is 1. The molecule has 0 heterocycles. The lowest BCUT2D eigenvalue weighted by molar-refractivity contribution is 0.296. The minimum Gasteiger partial charge on any atom is -0.399 e. The van der Waals surface area contributed by atoms with Crippen LogP contribution in [0.15, 0.2) is 24.3 Å². The maximum Gasteiger partial charge on any atom is 0.0314 e. The van der Waals surface area contributed by atoms with Gasteiger partial charge in [0.15, 0.2) is 0 Å². The van der Waals surface area contributed by atoms with Crippen molar-refractivity contribution in [3.63, 3.8) is 0 Å². The van der Waals surface area contributed by atoms with Gasteiger partial charge < -0.3 is 5.73 Å². The number of rotatable bonds is 3. The Morgan fingerprint density at radius 2 is 1.85 bits per heavy atom. The van der Waals surface area contributed by atoms with E-state index in [0.29, 0.717) is 0 Å². The first-order valence-electron chi connectivity index (χ1n) is 5.19. The molecule has 1 saturated carbocycles. The fourth-order valence-electron chi connectivity index (χ4n) is 1.84. The average Bonchev–Trinajstić information content (AvgIpc) is 2.05. The first-order chi connectivity index (χ1) is 6.34. The van der Waals surface area contributed by atoms with E-state index in [1.165, 1.54) is 37.7 Å². The van der Waals surface area contributed by atoms with Gasteiger partial charge in [-0.1, -0.05) is 31.4 Å². The second-order valence-corrected chi connectivity index (χ2v) is 4.08. The van der Waals surface area contributed by atoms with Crippen LogP contribution in [0, 0.1) is 5.92 Å². The Balaban J connectivity index is 1.83. The summed E-state index contributed by atoms with van der Waals surface area (Å²) in [7, 11) is 0. The van der Waals surface area contributed by atoms with Gasteiger partial charge in [0.2, 0.25) is 0 Å². The van der Waals surface area contributed by atoms with Gasteiger partial charge in [-0.15, -0.1) is 0 Å². The maximum atomic E-state index is 5.62. The minimum absolute atomic E-state index is 0.868. The predicted molar refractivity (Wildman–Crippen MR) is 56.5 cm³/mol. The van der Waals surface area contributed by atoms with Gasteiger partial charge in [-0.2, -0.15) is 0 Å². The molecule has 1 aromatic rings. The van der Waals surface area contributed by atoms with Crippen LogP contribution >= 0.6 is 0 Å². The third-order valence-corrected chi connectivity index (χ3v) is 3.05. The molecule has 1 heteroatoms. The van der Waals surface area contributed by atoms with Crippen LogP contribution in [0.3, 0.4) is 0 Å². The Bertz CT molecular complexity index is 259. The summed E-state index contributed by atoms with van der Waals surface area (Å²) < 4.78 is 0. The van der Waals surface area contributed by atoms with E-state index in [2.05, 4.69) is 12.1 Å². The van der Waals surface area contributed by atoms with Crippen molar-refractivity contribution >= 4 is 5.69 Å². The second kappa shape index (κ2) is 3.82. The van der Waals surface area contributed by atoms with E-state index in [9.17, 15) is 0 Å². The maximum absolute atomic E-state index is 5.62. The van der Waals surface area contributed by atoms with Crippen LogP contribution in [0.5, 0.6) is 0 Å². The molecule has 2 rings (SSSR count). The van der Waals surface area contributed by atoms with Crippen molar-refractivity contribution in [2.24, 2.45) is 5.92 Å². The molecular formula is C12H17N. The number of nitrogens with two attached hydrogens (primary N) is 1. The normalized spacial score (nSPS) is 16.9. The lowest BCUT2D eigenvalue weighted by atomic mass is 9.81. The van der Waals surface area contributed by atoms with Gasteiger partial charge in [0.25, 0.3) is 0 Å². The molecule has 1 aliphatic rings. The number of anilines is 1. The number of hydrogen-bond donors (Lipinski definition) is 1. The molecular weight excluding hydrogens is 158 g/mol. The summed E-state index contributed by atoms with van der Waals surface area (Å²) in [5.41, 5.74) is 7.92. The highest BCUT2D eigenvalue weighted by atomic mass is 14.5. The summed E-state index contributed by atoms with van der Waals surface area (Å²) in [6, 6.07) is 8.29. The summed E-state index contributed by atoms with van der Waals surface area (Å²) in [5, 5.41) is 0.